The van der Waals surface area contributed by atoms with Gasteiger partial charge in [0.05, 0.1) is 37.1 Å². The van der Waals surface area contributed by atoms with Crippen LogP contribution in [0.15, 0.2) is 42.5 Å². The number of benzene rings is 2. The van der Waals surface area contributed by atoms with Gasteiger partial charge in [0.25, 0.3) is 0 Å². The van der Waals surface area contributed by atoms with Gasteiger partial charge in [-0.2, -0.15) is 5.26 Å². The normalized spacial score (nSPS) is 13.6. The van der Waals surface area contributed by atoms with E-state index in [1.165, 1.54) is 12.1 Å². The number of nitriles is 1. The molecular weight excluding hydrogens is 374 g/mol. The fraction of sp³-hybridized carbons (Fsp3) is 0.238. The molecule has 148 valence electrons. The zero-order valence-corrected chi connectivity index (χ0v) is 16.0. The first kappa shape index (κ1) is 19.9. The maximum absolute atomic E-state index is 12.8. The Labute approximate surface area is 167 Å². The molecule has 0 unspecified atom stereocenters. The minimum atomic E-state index is -0.935. The lowest BCUT2D eigenvalue weighted by molar-refractivity contribution is -0.139. The number of urea groups is 1. The van der Waals surface area contributed by atoms with Crippen molar-refractivity contribution in [2.75, 3.05) is 18.1 Å². The van der Waals surface area contributed by atoms with Crippen LogP contribution >= 0.6 is 0 Å². The van der Waals surface area contributed by atoms with Gasteiger partial charge in [0.2, 0.25) is 0 Å². The van der Waals surface area contributed by atoms with Crippen molar-refractivity contribution >= 4 is 23.5 Å². The maximum atomic E-state index is 12.8. The number of carbonyl (C=O) groups is 3. The molecule has 0 aliphatic carbocycles. The van der Waals surface area contributed by atoms with Gasteiger partial charge in [-0.1, -0.05) is 12.1 Å². The average molecular weight is 393 g/mol. The van der Waals surface area contributed by atoms with Crippen LogP contribution in [0.1, 0.15) is 25.0 Å². The molecule has 0 spiro atoms. The molecule has 3 rings (SSSR count). The minimum Gasteiger partial charge on any atom is -0.490 e. The number of hydrogen-bond donors (Lipinski definition) is 0. The first-order chi connectivity index (χ1) is 14.0. The number of amides is 4. The fourth-order valence-electron chi connectivity index (χ4n) is 2.92. The van der Waals surface area contributed by atoms with Crippen LogP contribution in [0.3, 0.4) is 0 Å². The molecule has 29 heavy (non-hydrogen) atoms. The van der Waals surface area contributed by atoms with Gasteiger partial charge in [0.1, 0.15) is 0 Å². The van der Waals surface area contributed by atoms with Crippen LogP contribution in [0.4, 0.5) is 10.5 Å². The Morgan fingerprint density at radius 2 is 1.55 bits per heavy atom. The molecule has 4 amide bonds. The van der Waals surface area contributed by atoms with Gasteiger partial charge < -0.3 is 9.47 Å². The minimum absolute atomic E-state index is 0.0685. The molecule has 8 nitrogen and oxygen atoms in total. The van der Waals surface area contributed by atoms with Crippen molar-refractivity contribution in [1.82, 2.24) is 4.90 Å². The predicted molar refractivity (Wildman–Crippen MR) is 103 cm³/mol. The molecule has 1 aliphatic rings. The third-order valence-electron chi connectivity index (χ3n) is 4.26. The van der Waals surface area contributed by atoms with E-state index in [0.717, 1.165) is 9.80 Å². The standard InChI is InChI=1S/C21H19N3O5/c1-3-28-17-10-9-16(11-18(17)29-4-2)24-20(26)19(25)23(21(24)27)13-15-7-5-14(12-22)6-8-15/h5-11H,3-4,13H2,1-2H3. The molecule has 1 aliphatic heterocycles. The van der Waals surface area contributed by atoms with Crippen LogP contribution in [-0.2, 0) is 16.1 Å². The smallest absolute Gasteiger partial charge is 0.339 e. The van der Waals surface area contributed by atoms with Crippen molar-refractivity contribution in [2.45, 2.75) is 20.4 Å². The van der Waals surface area contributed by atoms with E-state index in [1.807, 2.05) is 13.0 Å². The summed E-state index contributed by atoms with van der Waals surface area (Å²) in [5.74, 6) is -0.982. The van der Waals surface area contributed by atoms with E-state index in [4.69, 9.17) is 14.7 Å². The van der Waals surface area contributed by atoms with Crippen molar-refractivity contribution in [3.05, 3.63) is 53.6 Å². The second-order valence-corrected chi connectivity index (χ2v) is 6.12. The first-order valence-electron chi connectivity index (χ1n) is 9.08. The van der Waals surface area contributed by atoms with Crippen molar-refractivity contribution in [1.29, 1.82) is 5.26 Å². The summed E-state index contributed by atoms with van der Waals surface area (Å²) in [4.78, 5) is 39.4. The molecule has 0 saturated carbocycles. The summed E-state index contributed by atoms with van der Waals surface area (Å²) in [6.07, 6.45) is 0. The molecule has 8 heteroatoms. The molecule has 0 atom stereocenters. The summed E-state index contributed by atoms with van der Waals surface area (Å²) in [5.41, 5.74) is 1.31. The van der Waals surface area contributed by atoms with Gasteiger partial charge in [0, 0.05) is 6.07 Å². The average Bonchev–Trinajstić information content (AvgIpc) is 2.93. The fourth-order valence-corrected chi connectivity index (χ4v) is 2.92. The highest BCUT2D eigenvalue weighted by molar-refractivity contribution is 6.52. The lowest BCUT2D eigenvalue weighted by atomic mass is 10.1. The zero-order valence-electron chi connectivity index (χ0n) is 16.0. The summed E-state index contributed by atoms with van der Waals surface area (Å²) in [6.45, 7) is 4.36. The van der Waals surface area contributed by atoms with Crippen molar-refractivity contribution in [2.24, 2.45) is 0 Å². The van der Waals surface area contributed by atoms with Gasteiger partial charge in [-0.25, -0.2) is 9.69 Å². The Bertz CT molecular complexity index is 994. The van der Waals surface area contributed by atoms with E-state index in [1.54, 1.807) is 37.3 Å². The molecule has 0 N–H and O–H groups in total. The molecule has 1 heterocycles. The number of anilines is 1. The number of rotatable bonds is 7. The highest BCUT2D eigenvalue weighted by Crippen LogP contribution is 2.34. The number of nitrogens with zero attached hydrogens (tertiary/aromatic N) is 3. The summed E-state index contributed by atoms with van der Waals surface area (Å²) in [6, 6.07) is 12.3. The Balaban J connectivity index is 1.88. The summed E-state index contributed by atoms with van der Waals surface area (Å²) in [7, 11) is 0. The third-order valence-corrected chi connectivity index (χ3v) is 4.26. The Morgan fingerprint density at radius 1 is 0.897 bits per heavy atom. The van der Waals surface area contributed by atoms with Crippen molar-refractivity contribution in [3.8, 4) is 17.6 Å². The van der Waals surface area contributed by atoms with Gasteiger partial charge in [-0.3, -0.25) is 14.5 Å². The lowest BCUT2D eigenvalue weighted by Gasteiger charge is -2.18. The number of carbonyl (C=O) groups excluding carboxylic acids is 3. The molecule has 2 aromatic rings. The Morgan fingerprint density at radius 3 is 2.17 bits per heavy atom. The molecule has 1 saturated heterocycles. The summed E-state index contributed by atoms with van der Waals surface area (Å²) < 4.78 is 11.0. The van der Waals surface area contributed by atoms with Crippen molar-refractivity contribution < 1.29 is 23.9 Å². The SMILES string of the molecule is CCOc1ccc(N2C(=O)C(=O)N(Cc3ccc(C#N)cc3)C2=O)cc1OCC. The van der Waals surface area contributed by atoms with Gasteiger partial charge in [-0.05, 0) is 43.7 Å². The van der Waals surface area contributed by atoms with E-state index in [0.29, 0.717) is 35.8 Å². The van der Waals surface area contributed by atoms with Crippen LogP contribution in [-0.4, -0.2) is 36.0 Å². The van der Waals surface area contributed by atoms with Gasteiger partial charge in [0.15, 0.2) is 11.5 Å². The van der Waals surface area contributed by atoms with E-state index in [-0.39, 0.29) is 12.2 Å². The monoisotopic (exact) mass is 393 g/mol. The third kappa shape index (κ3) is 3.89. The molecule has 2 aromatic carbocycles. The summed E-state index contributed by atoms with van der Waals surface area (Å²) in [5, 5.41) is 8.87. The molecule has 0 bridgehead atoms. The van der Waals surface area contributed by atoms with Crippen molar-refractivity contribution in [3.63, 3.8) is 0 Å². The van der Waals surface area contributed by atoms with E-state index < -0.39 is 17.8 Å². The van der Waals surface area contributed by atoms with Crippen LogP contribution in [0.25, 0.3) is 0 Å². The predicted octanol–water partition coefficient (Wildman–Crippen LogP) is 2.85. The molecular formula is C21H19N3O5. The van der Waals surface area contributed by atoms with E-state index >= 15 is 0 Å². The van der Waals surface area contributed by atoms with Gasteiger partial charge >= 0.3 is 17.8 Å². The highest BCUT2D eigenvalue weighted by atomic mass is 16.5. The number of hydrogen-bond acceptors (Lipinski definition) is 6. The number of ether oxygens (including phenoxy) is 2. The van der Waals surface area contributed by atoms with Crippen LogP contribution in [0.5, 0.6) is 11.5 Å². The molecule has 1 fully saturated rings. The highest BCUT2D eigenvalue weighted by Gasteiger charge is 2.45. The topological polar surface area (TPSA) is 99.9 Å². The Kier molecular flexibility index (Phi) is 5.79. The lowest BCUT2D eigenvalue weighted by Crippen LogP contribution is -2.33. The zero-order chi connectivity index (χ0) is 21.0. The second-order valence-electron chi connectivity index (χ2n) is 6.12. The second kappa shape index (κ2) is 8.44. The van der Waals surface area contributed by atoms with E-state index in [2.05, 4.69) is 0 Å². The van der Waals surface area contributed by atoms with Crippen LogP contribution < -0.4 is 14.4 Å². The van der Waals surface area contributed by atoms with Crippen LogP contribution in [0.2, 0.25) is 0 Å². The largest absolute Gasteiger partial charge is 0.490 e. The first-order valence-corrected chi connectivity index (χ1v) is 9.08. The number of imide groups is 2. The van der Waals surface area contributed by atoms with Crippen LogP contribution in [0, 0.1) is 11.3 Å². The Hall–Kier alpha value is -3.86. The van der Waals surface area contributed by atoms with E-state index in [9.17, 15) is 14.4 Å². The summed E-state index contributed by atoms with van der Waals surface area (Å²) >= 11 is 0. The van der Waals surface area contributed by atoms with Gasteiger partial charge in [-0.15, -0.1) is 0 Å². The quantitative estimate of drug-likeness (QED) is 0.530. The maximum Gasteiger partial charge on any atom is 0.339 e. The molecule has 0 radical (unpaired) electrons. The molecule has 0 aromatic heterocycles.